The Balaban J connectivity index is 1.61. The SMILES string of the molecule is Cc1ccc(CN2C(=O)COc3ccc(NC(=O)c4ccccc4C)cc32)cc1. The van der Waals surface area contributed by atoms with Crippen molar-refractivity contribution in [1.82, 2.24) is 0 Å². The highest BCUT2D eigenvalue weighted by molar-refractivity contribution is 6.06. The second kappa shape index (κ2) is 7.80. The summed E-state index contributed by atoms with van der Waals surface area (Å²) in [6.45, 7) is 4.39. The fraction of sp³-hybridized carbons (Fsp3) is 0.167. The molecule has 0 bridgehead atoms. The van der Waals surface area contributed by atoms with Crippen LogP contribution >= 0.6 is 0 Å². The van der Waals surface area contributed by atoms with Gasteiger partial charge < -0.3 is 15.0 Å². The number of nitrogens with one attached hydrogen (secondary N) is 1. The third-order valence-electron chi connectivity index (χ3n) is 5.01. The van der Waals surface area contributed by atoms with E-state index in [9.17, 15) is 9.59 Å². The molecule has 0 unspecified atom stereocenters. The zero-order valence-electron chi connectivity index (χ0n) is 16.4. The third-order valence-corrected chi connectivity index (χ3v) is 5.01. The van der Waals surface area contributed by atoms with E-state index in [0.29, 0.717) is 29.2 Å². The van der Waals surface area contributed by atoms with Gasteiger partial charge in [-0.1, -0.05) is 48.0 Å². The fourth-order valence-corrected chi connectivity index (χ4v) is 3.36. The molecule has 0 saturated heterocycles. The Kier molecular flexibility index (Phi) is 5.04. The van der Waals surface area contributed by atoms with Crippen molar-refractivity contribution in [2.45, 2.75) is 20.4 Å². The van der Waals surface area contributed by atoms with Crippen LogP contribution in [0.1, 0.15) is 27.0 Å². The molecule has 5 nitrogen and oxygen atoms in total. The number of hydrogen-bond acceptors (Lipinski definition) is 3. The first-order chi connectivity index (χ1) is 14.0. The van der Waals surface area contributed by atoms with Crippen LogP contribution in [0.5, 0.6) is 5.75 Å². The summed E-state index contributed by atoms with van der Waals surface area (Å²) < 4.78 is 5.58. The molecule has 2 amide bonds. The van der Waals surface area contributed by atoms with Crippen molar-refractivity contribution in [2.24, 2.45) is 0 Å². The second-order valence-corrected chi connectivity index (χ2v) is 7.21. The molecule has 0 aliphatic carbocycles. The molecule has 146 valence electrons. The highest BCUT2D eigenvalue weighted by atomic mass is 16.5. The molecule has 29 heavy (non-hydrogen) atoms. The lowest BCUT2D eigenvalue weighted by Crippen LogP contribution is -2.38. The average Bonchev–Trinajstić information content (AvgIpc) is 2.72. The van der Waals surface area contributed by atoms with E-state index in [4.69, 9.17) is 4.74 Å². The van der Waals surface area contributed by atoms with Gasteiger partial charge in [-0.05, 0) is 49.2 Å². The van der Waals surface area contributed by atoms with Gasteiger partial charge in [0.15, 0.2) is 6.61 Å². The fourth-order valence-electron chi connectivity index (χ4n) is 3.36. The van der Waals surface area contributed by atoms with E-state index in [1.165, 1.54) is 5.56 Å². The van der Waals surface area contributed by atoms with Crippen molar-refractivity contribution < 1.29 is 14.3 Å². The lowest BCUT2D eigenvalue weighted by atomic mass is 10.1. The molecule has 5 heteroatoms. The van der Waals surface area contributed by atoms with Gasteiger partial charge >= 0.3 is 0 Å². The van der Waals surface area contributed by atoms with Crippen LogP contribution in [0.15, 0.2) is 66.7 Å². The minimum atomic E-state index is -0.184. The first-order valence-corrected chi connectivity index (χ1v) is 9.51. The first-order valence-electron chi connectivity index (χ1n) is 9.51. The predicted molar refractivity (Wildman–Crippen MR) is 113 cm³/mol. The maximum absolute atomic E-state index is 12.6. The minimum Gasteiger partial charge on any atom is -0.482 e. The normalized spacial score (nSPS) is 12.9. The Morgan fingerprint density at radius 3 is 2.55 bits per heavy atom. The Bertz CT molecular complexity index is 1070. The number of aryl methyl sites for hydroxylation is 2. The van der Waals surface area contributed by atoms with Gasteiger partial charge in [-0.15, -0.1) is 0 Å². The summed E-state index contributed by atoms with van der Waals surface area (Å²) in [5.74, 6) is 0.335. The molecule has 0 aromatic heterocycles. The Morgan fingerprint density at radius 1 is 1.03 bits per heavy atom. The van der Waals surface area contributed by atoms with Crippen LogP contribution in [0.4, 0.5) is 11.4 Å². The topological polar surface area (TPSA) is 58.6 Å². The van der Waals surface area contributed by atoms with Crippen molar-refractivity contribution in [3.05, 3.63) is 89.0 Å². The Morgan fingerprint density at radius 2 is 1.79 bits per heavy atom. The summed E-state index contributed by atoms with van der Waals surface area (Å²) in [7, 11) is 0. The van der Waals surface area contributed by atoms with Gasteiger partial charge in [0, 0.05) is 11.3 Å². The first kappa shape index (κ1) is 18.7. The summed E-state index contributed by atoms with van der Waals surface area (Å²) >= 11 is 0. The molecule has 4 rings (SSSR count). The van der Waals surface area contributed by atoms with Crippen molar-refractivity contribution in [1.29, 1.82) is 0 Å². The number of amides is 2. The molecular formula is C24H22N2O3. The van der Waals surface area contributed by atoms with Crippen LogP contribution in [0.2, 0.25) is 0 Å². The highest BCUT2D eigenvalue weighted by Crippen LogP contribution is 2.35. The van der Waals surface area contributed by atoms with E-state index in [2.05, 4.69) is 5.32 Å². The molecule has 1 heterocycles. The highest BCUT2D eigenvalue weighted by Gasteiger charge is 2.26. The lowest BCUT2D eigenvalue weighted by molar-refractivity contribution is -0.121. The van der Waals surface area contributed by atoms with Gasteiger partial charge in [0.05, 0.1) is 12.2 Å². The maximum Gasteiger partial charge on any atom is 0.265 e. The summed E-state index contributed by atoms with van der Waals surface area (Å²) in [5, 5.41) is 2.92. The number of ether oxygens (including phenoxy) is 1. The van der Waals surface area contributed by atoms with Gasteiger partial charge in [-0.25, -0.2) is 0 Å². The summed E-state index contributed by atoms with van der Waals surface area (Å²) in [4.78, 5) is 26.9. The molecule has 1 N–H and O–H groups in total. The number of hydrogen-bond donors (Lipinski definition) is 1. The van der Waals surface area contributed by atoms with Crippen LogP contribution < -0.4 is 15.0 Å². The molecule has 0 atom stereocenters. The minimum absolute atomic E-state index is 0.00772. The molecule has 1 aliphatic heterocycles. The van der Waals surface area contributed by atoms with Crippen LogP contribution in [0.25, 0.3) is 0 Å². The third kappa shape index (κ3) is 3.99. The van der Waals surface area contributed by atoms with E-state index >= 15 is 0 Å². The van der Waals surface area contributed by atoms with Crippen molar-refractivity contribution in [3.63, 3.8) is 0 Å². The van der Waals surface area contributed by atoms with Crippen molar-refractivity contribution in [2.75, 3.05) is 16.8 Å². The number of carbonyl (C=O) groups is 2. The smallest absolute Gasteiger partial charge is 0.265 e. The zero-order chi connectivity index (χ0) is 20.4. The predicted octanol–water partition coefficient (Wildman–Crippen LogP) is 4.48. The van der Waals surface area contributed by atoms with Crippen LogP contribution in [0, 0.1) is 13.8 Å². The van der Waals surface area contributed by atoms with Crippen LogP contribution in [-0.2, 0) is 11.3 Å². The molecule has 3 aromatic rings. The molecule has 1 aliphatic rings. The molecule has 0 spiro atoms. The van der Waals surface area contributed by atoms with Gasteiger partial charge in [-0.3, -0.25) is 9.59 Å². The van der Waals surface area contributed by atoms with Crippen molar-refractivity contribution >= 4 is 23.2 Å². The molecule has 3 aromatic carbocycles. The van der Waals surface area contributed by atoms with Gasteiger partial charge in [-0.2, -0.15) is 0 Å². The van der Waals surface area contributed by atoms with Gasteiger partial charge in [0.25, 0.3) is 11.8 Å². The number of carbonyl (C=O) groups excluding carboxylic acids is 2. The number of benzene rings is 3. The van der Waals surface area contributed by atoms with Crippen LogP contribution in [-0.4, -0.2) is 18.4 Å². The number of rotatable bonds is 4. The lowest BCUT2D eigenvalue weighted by Gasteiger charge is -2.30. The Hall–Kier alpha value is -3.60. The van der Waals surface area contributed by atoms with E-state index in [1.807, 2.05) is 56.3 Å². The Labute approximate surface area is 169 Å². The maximum atomic E-state index is 12.6. The zero-order valence-corrected chi connectivity index (χ0v) is 16.4. The van der Waals surface area contributed by atoms with E-state index in [1.54, 1.807) is 29.2 Å². The largest absolute Gasteiger partial charge is 0.482 e. The van der Waals surface area contributed by atoms with E-state index in [0.717, 1.165) is 11.1 Å². The quantitative estimate of drug-likeness (QED) is 0.719. The summed E-state index contributed by atoms with van der Waals surface area (Å²) in [6.07, 6.45) is 0. The van der Waals surface area contributed by atoms with Crippen molar-refractivity contribution in [3.8, 4) is 5.75 Å². The molecule has 0 saturated carbocycles. The standard InChI is InChI=1S/C24H22N2O3/c1-16-7-9-18(10-8-16)14-26-21-13-19(11-12-22(21)29-15-23(26)27)25-24(28)20-6-4-3-5-17(20)2/h3-13H,14-15H2,1-2H3,(H,25,28). The second-order valence-electron chi connectivity index (χ2n) is 7.21. The monoisotopic (exact) mass is 386 g/mol. The molecule has 0 radical (unpaired) electrons. The number of anilines is 2. The molecule has 0 fully saturated rings. The summed E-state index contributed by atoms with van der Waals surface area (Å²) in [6, 6.07) is 20.9. The van der Waals surface area contributed by atoms with E-state index < -0.39 is 0 Å². The molecular weight excluding hydrogens is 364 g/mol. The number of nitrogens with zero attached hydrogens (tertiary/aromatic N) is 1. The van der Waals surface area contributed by atoms with Gasteiger partial charge in [0.2, 0.25) is 0 Å². The average molecular weight is 386 g/mol. The number of fused-ring (bicyclic) bond motifs is 1. The summed E-state index contributed by atoms with van der Waals surface area (Å²) in [5.41, 5.74) is 5.00. The van der Waals surface area contributed by atoms with E-state index in [-0.39, 0.29) is 18.4 Å². The van der Waals surface area contributed by atoms with Gasteiger partial charge in [0.1, 0.15) is 5.75 Å². The van der Waals surface area contributed by atoms with Crippen LogP contribution in [0.3, 0.4) is 0 Å².